The first-order valence-electron chi connectivity index (χ1n) is 18.6. The molecule has 0 aliphatic heterocycles. The van der Waals surface area contributed by atoms with Gasteiger partial charge in [0.15, 0.2) is 5.82 Å². The fraction of sp³-hybridized carbons (Fsp3) is 0.0600. The Morgan fingerprint density at radius 1 is 0.564 bits per heavy atom. The van der Waals surface area contributed by atoms with Crippen LogP contribution in [0.3, 0.4) is 0 Å². The molecule has 3 heterocycles. The first-order chi connectivity index (χ1) is 27.0. The van der Waals surface area contributed by atoms with Gasteiger partial charge in [0.25, 0.3) is 0 Å². The highest BCUT2D eigenvalue weighted by molar-refractivity contribution is 6.17. The molecule has 258 valence electrons. The van der Waals surface area contributed by atoms with E-state index in [1.165, 1.54) is 33.0 Å². The van der Waals surface area contributed by atoms with Crippen molar-refractivity contribution in [2.45, 2.75) is 19.3 Å². The number of furan rings is 1. The maximum Gasteiger partial charge on any atom is 0.164 e. The molecule has 55 heavy (non-hydrogen) atoms. The zero-order chi connectivity index (χ0) is 36.8. The number of aromatic nitrogens is 3. The summed E-state index contributed by atoms with van der Waals surface area (Å²) in [6.07, 6.45) is 0. The van der Waals surface area contributed by atoms with Crippen LogP contribution in [-0.2, 0) is 5.41 Å². The average molecular weight is 705 g/mol. The molecule has 1 aliphatic carbocycles. The average Bonchev–Trinajstić information content (AvgIpc) is 3.86. The van der Waals surface area contributed by atoms with Crippen LogP contribution in [0.1, 0.15) is 30.5 Å². The summed E-state index contributed by atoms with van der Waals surface area (Å²) in [7, 11) is 0. The van der Waals surface area contributed by atoms with Gasteiger partial charge in [-0.25, -0.2) is 9.97 Å². The standard InChI is InChI=1S/C50H32N4O/c1-50(2)39-22-12-9-19-32(39)36-28-43-37(27-40(36)50)33-20-10-13-23-41(33)54(43)42-26-25-35(48-45(42)34-21-11-14-24-44(34)55-48)49-52-46(30-15-5-3-6-16-30)38(29-51)47(53-49)31-17-7-4-8-18-31/h3-28H,1-2H3. The lowest BCUT2D eigenvalue weighted by atomic mass is 9.82. The van der Waals surface area contributed by atoms with Gasteiger partial charge in [-0.1, -0.05) is 135 Å². The molecule has 0 bridgehead atoms. The predicted molar refractivity (Wildman–Crippen MR) is 222 cm³/mol. The molecular formula is C50H32N4O. The smallest absolute Gasteiger partial charge is 0.164 e. The van der Waals surface area contributed by atoms with Crippen LogP contribution in [0.15, 0.2) is 162 Å². The van der Waals surface area contributed by atoms with Crippen LogP contribution in [0.5, 0.6) is 0 Å². The Kier molecular flexibility index (Phi) is 6.59. The fourth-order valence-electron chi connectivity index (χ4n) is 8.89. The first kappa shape index (κ1) is 31.3. The SMILES string of the molecule is CC1(C)c2ccccc2-c2cc3c(cc21)c1ccccc1n3-c1ccc(-c2nc(-c3ccccc3)c(C#N)c(-c3ccccc3)n2)c2oc3ccccc3c12. The number of hydrogen-bond acceptors (Lipinski definition) is 4. The molecule has 0 N–H and O–H groups in total. The van der Waals surface area contributed by atoms with Crippen LogP contribution in [-0.4, -0.2) is 14.5 Å². The van der Waals surface area contributed by atoms with Crippen molar-refractivity contribution in [1.82, 2.24) is 14.5 Å². The van der Waals surface area contributed by atoms with Crippen molar-refractivity contribution in [3.8, 4) is 56.8 Å². The Hall–Kier alpha value is -7.29. The van der Waals surface area contributed by atoms with Gasteiger partial charge in [-0.3, -0.25) is 0 Å². The summed E-state index contributed by atoms with van der Waals surface area (Å²) in [4.78, 5) is 10.3. The largest absolute Gasteiger partial charge is 0.455 e. The molecule has 1 aliphatic rings. The lowest BCUT2D eigenvalue weighted by molar-refractivity contribution is 0.661. The molecule has 5 nitrogen and oxygen atoms in total. The number of nitriles is 1. The van der Waals surface area contributed by atoms with E-state index in [-0.39, 0.29) is 5.41 Å². The third-order valence-corrected chi connectivity index (χ3v) is 11.5. The molecule has 11 rings (SSSR count). The van der Waals surface area contributed by atoms with Crippen LogP contribution in [0.4, 0.5) is 0 Å². The molecule has 0 radical (unpaired) electrons. The number of fused-ring (bicyclic) bond motifs is 9. The molecule has 0 amide bonds. The van der Waals surface area contributed by atoms with Gasteiger partial charge in [-0.05, 0) is 58.7 Å². The fourth-order valence-corrected chi connectivity index (χ4v) is 8.89. The second-order valence-corrected chi connectivity index (χ2v) is 14.8. The molecule has 0 unspecified atom stereocenters. The van der Waals surface area contributed by atoms with Gasteiger partial charge < -0.3 is 8.98 Å². The van der Waals surface area contributed by atoms with Crippen molar-refractivity contribution in [2.75, 3.05) is 0 Å². The quantitative estimate of drug-likeness (QED) is 0.183. The minimum absolute atomic E-state index is 0.114. The Bertz CT molecular complexity index is 3180. The van der Waals surface area contributed by atoms with Crippen molar-refractivity contribution in [1.29, 1.82) is 5.26 Å². The lowest BCUT2D eigenvalue weighted by Gasteiger charge is -2.21. The van der Waals surface area contributed by atoms with Crippen molar-refractivity contribution in [2.24, 2.45) is 0 Å². The number of para-hydroxylation sites is 2. The van der Waals surface area contributed by atoms with E-state index in [4.69, 9.17) is 14.4 Å². The maximum atomic E-state index is 10.6. The summed E-state index contributed by atoms with van der Waals surface area (Å²) in [6, 6.07) is 57.0. The summed E-state index contributed by atoms with van der Waals surface area (Å²) in [6.45, 7) is 4.67. The van der Waals surface area contributed by atoms with Gasteiger partial charge in [0.1, 0.15) is 22.8 Å². The Morgan fingerprint density at radius 3 is 1.93 bits per heavy atom. The summed E-state index contributed by atoms with van der Waals surface area (Å²) in [5, 5.41) is 15.0. The summed E-state index contributed by atoms with van der Waals surface area (Å²) >= 11 is 0. The van der Waals surface area contributed by atoms with E-state index in [0.717, 1.165) is 49.8 Å². The Labute approximate surface area is 317 Å². The Balaban J connectivity index is 1.23. The van der Waals surface area contributed by atoms with Crippen LogP contribution < -0.4 is 0 Å². The second-order valence-electron chi connectivity index (χ2n) is 14.8. The van der Waals surface area contributed by atoms with Crippen molar-refractivity contribution < 1.29 is 4.42 Å². The third-order valence-electron chi connectivity index (χ3n) is 11.5. The van der Waals surface area contributed by atoms with E-state index in [1.807, 2.05) is 72.8 Å². The minimum Gasteiger partial charge on any atom is -0.455 e. The molecule has 0 fully saturated rings. The topological polar surface area (TPSA) is 67.6 Å². The van der Waals surface area contributed by atoms with E-state index in [9.17, 15) is 5.26 Å². The molecule has 0 saturated carbocycles. The highest BCUT2D eigenvalue weighted by Gasteiger charge is 2.36. The van der Waals surface area contributed by atoms with Crippen LogP contribution in [0, 0.1) is 11.3 Å². The molecule has 5 heteroatoms. The molecule has 0 atom stereocenters. The van der Waals surface area contributed by atoms with Crippen molar-refractivity contribution in [3.63, 3.8) is 0 Å². The number of rotatable bonds is 4. The monoisotopic (exact) mass is 704 g/mol. The van der Waals surface area contributed by atoms with Crippen LogP contribution in [0.25, 0.3) is 94.5 Å². The second kappa shape index (κ2) is 11.6. The highest BCUT2D eigenvalue weighted by Crippen LogP contribution is 2.51. The zero-order valence-corrected chi connectivity index (χ0v) is 30.2. The zero-order valence-electron chi connectivity index (χ0n) is 30.2. The Morgan fingerprint density at radius 2 is 1.20 bits per heavy atom. The van der Waals surface area contributed by atoms with Gasteiger partial charge in [-0.2, -0.15) is 5.26 Å². The summed E-state index contributed by atoms with van der Waals surface area (Å²) < 4.78 is 9.24. The highest BCUT2D eigenvalue weighted by atomic mass is 16.3. The number of nitrogens with zero attached hydrogens (tertiary/aromatic N) is 4. The summed E-state index contributed by atoms with van der Waals surface area (Å²) in [5.74, 6) is 0.492. The van der Waals surface area contributed by atoms with Gasteiger partial charge in [0.05, 0.1) is 39.1 Å². The molecule has 7 aromatic carbocycles. The van der Waals surface area contributed by atoms with Gasteiger partial charge in [0, 0.05) is 32.7 Å². The van der Waals surface area contributed by atoms with E-state index in [2.05, 4.69) is 109 Å². The van der Waals surface area contributed by atoms with E-state index < -0.39 is 0 Å². The van der Waals surface area contributed by atoms with Crippen molar-refractivity contribution in [3.05, 3.63) is 174 Å². The minimum atomic E-state index is -0.114. The van der Waals surface area contributed by atoms with E-state index >= 15 is 0 Å². The third kappa shape index (κ3) is 4.46. The summed E-state index contributed by atoms with van der Waals surface area (Å²) in [5.41, 5.74) is 13.9. The van der Waals surface area contributed by atoms with Gasteiger partial charge in [0.2, 0.25) is 0 Å². The molecule has 0 saturated heterocycles. The number of hydrogen-bond donors (Lipinski definition) is 0. The van der Waals surface area contributed by atoms with Crippen molar-refractivity contribution >= 4 is 43.7 Å². The predicted octanol–water partition coefficient (Wildman–Crippen LogP) is 12.7. The van der Waals surface area contributed by atoms with Gasteiger partial charge in [-0.15, -0.1) is 0 Å². The number of benzene rings is 7. The first-order valence-corrected chi connectivity index (χ1v) is 18.6. The van der Waals surface area contributed by atoms with E-state index in [0.29, 0.717) is 28.4 Å². The van der Waals surface area contributed by atoms with Crippen LogP contribution in [0.2, 0.25) is 0 Å². The molecular weight excluding hydrogens is 673 g/mol. The van der Waals surface area contributed by atoms with Gasteiger partial charge >= 0.3 is 0 Å². The lowest BCUT2D eigenvalue weighted by Crippen LogP contribution is -2.14. The van der Waals surface area contributed by atoms with E-state index in [1.54, 1.807) is 0 Å². The molecule has 3 aromatic heterocycles. The van der Waals surface area contributed by atoms with Crippen LogP contribution >= 0.6 is 0 Å². The maximum absolute atomic E-state index is 10.6. The molecule has 10 aromatic rings. The molecule has 0 spiro atoms. The normalized spacial score (nSPS) is 13.0.